The van der Waals surface area contributed by atoms with Gasteiger partial charge >= 0.3 is 0 Å². The summed E-state index contributed by atoms with van der Waals surface area (Å²) in [7, 11) is 1.62. The van der Waals surface area contributed by atoms with E-state index in [4.69, 9.17) is 4.74 Å². The molecule has 1 N–H and O–H groups in total. The highest BCUT2D eigenvalue weighted by atomic mass is 79.9. The first-order chi connectivity index (χ1) is 11.4. The molecule has 0 fully saturated rings. The third-order valence-electron chi connectivity index (χ3n) is 3.78. The van der Waals surface area contributed by atoms with Gasteiger partial charge in [-0.05, 0) is 63.7 Å². The monoisotopic (exact) mass is 387 g/mol. The topological polar surface area (TPSA) is 38.3 Å². The quantitative estimate of drug-likeness (QED) is 0.683. The van der Waals surface area contributed by atoms with E-state index in [1.54, 1.807) is 19.3 Å². The number of rotatable bonds is 5. The van der Waals surface area contributed by atoms with Crippen molar-refractivity contribution < 1.29 is 9.53 Å². The van der Waals surface area contributed by atoms with Crippen molar-refractivity contribution in [3.8, 4) is 5.75 Å². The van der Waals surface area contributed by atoms with E-state index in [0.29, 0.717) is 5.92 Å². The molecule has 1 amide bonds. The summed E-state index contributed by atoms with van der Waals surface area (Å²) in [6.07, 6.45) is 3.33. The van der Waals surface area contributed by atoms with Crippen molar-refractivity contribution in [1.29, 1.82) is 0 Å². The SMILES string of the molecule is COc1ccc(/C=C/C(=O)Nc2c(C)cccc2C(C)C)cc1Br. The summed E-state index contributed by atoms with van der Waals surface area (Å²) in [5.74, 6) is 0.970. The van der Waals surface area contributed by atoms with Gasteiger partial charge in [0.15, 0.2) is 0 Å². The van der Waals surface area contributed by atoms with Crippen LogP contribution in [0.4, 0.5) is 5.69 Å². The van der Waals surface area contributed by atoms with Gasteiger partial charge in [0.05, 0.1) is 11.6 Å². The van der Waals surface area contributed by atoms with Gasteiger partial charge < -0.3 is 10.1 Å². The average Bonchev–Trinajstić information content (AvgIpc) is 2.54. The lowest BCUT2D eigenvalue weighted by molar-refractivity contribution is -0.111. The molecule has 0 aliphatic rings. The standard InChI is InChI=1S/C20H22BrNO2/c1-13(2)16-7-5-6-14(3)20(16)22-19(23)11-9-15-8-10-18(24-4)17(21)12-15/h5-13H,1-4H3,(H,22,23)/b11-9+. The van der Waals surface area contributed by atoms with Crippen molar-refractivity contribution in [1.82, 2.24) is 0 Å². The number of amides is 1. The van der Waals surface area contributed by atoms with Crippen LogP contribution in [0.15, 0.2) is 46.9 Å². The molecule has 0 heterocycles. The number of nitrogens with one attached hydrogen (secondary N) is 1. The molecule has 0 aliphatic heterocycles. The highest BCUT2D eigenvalue weighted by Crippen LogP contribution is 2.28. The zero-order valence-electron chi connectivity index (χ0n) is 14.4. The van der Waals surface area contributed by atoms with Gasteiger partial charge in [0.25, 0.3) is 0 Å². The van der Waals surface area contributed by atoms with Crippen molar-refractivity contribution >= 4 is 33.6 Å². The van der Waals surface area contributed by atoms with Gasteiger partial charge in [0.1, 0.15) is 5.75 Å². The summed E-state index contributed by atoms with van der Waals surface area (Å²) < 4.78 is 6.06. The molecule has 0 radical (unpaired) electrons. The number of carbonyl (C=O) groups is 1. The van der Waals surface area contributed by atoms with Crippen LogP contribution < -0.4 is 10.1 Å². The van der Waals surface area contributed by atoms with Crippen LogP contribution in [0, 0.1) is 6.92 Å². The van der Waals surface area contributed by atoms with Crippen LogP contribution in [0.5, 0.6) is 5.75 Å². The predicted molar refractivity (Wildman–Crippen MR) is 104 cm³/mol. The zero-order chi connectivity index (χ0) is 17.7. The molecule has 2 rings (SSSR count). The highest BCUT2D eigenvalue weighted by Gasteiger charge is 2.10. The van der Waals surface area contributed by atoms with Crippen LogP contribution in [0.1, 0.15) is 36.5 Å². The maximum Gasteiger partial charge on any atom is 0.248 e. The Morgan fingerprint density at radius 1 is 1.25 bits per heavy atom. The van der Waals surface area contributed by atoms with E-state index >= 15 is 0 Å². The molecule has 4 heteroatoms. The third-order valence-corrected chi connectivity index (χ3v) is 4.40. The highest BCUT2D eigenvalue weighted by molar-refractivity contribution is 9.10. The van der Waals surface area contributed by atoms with Crippen molar-refractivity contribution in [3.63, 3.8) is 0 Å². The van der Waals surface area contributed by atoms with Crippen molar-refractivity contribution in [2.45, 2.75) is 26.7 Å². The molecule has 0 aromatic heterocycles. The first kappa shape index (κ1) is 18.3. The lowest BCUT2D eigenvalue weighted by atomic mass is 9.98. The van der Waals surface area contributed by atoms with Crippen LogP contribution in [0.25, 0.3) is 6.08 Å². The number of anilines is 1. The summed E-state index contributed by atoms with van der Waals surface area (Å²) in [5.41, 5.74) is 4.03. The largest absolute Gasteiger partial charge is 0.496 e. The number of benzene rings is 2. The van der Waals surface area contributed by atoms with Gasteiger partial charge in [0.2, 0.25) is 5.91 Å². The Bertz CT molecular complexity index is 766. The minimum atomic E-state index is -0.141. The van der Waals surface area contributed by atoms with Gasteiger partial charge in [-0.2, -0.15) is 0 Å². The molecule has 3 nitrogen and oxygen atoms in total. The summed E-state index contributed by atoms with van der Waals surface area (Å²) in [5, 5.41) is 3.01. The number of para-hydroxylation sites is 1. The number of hydrogen-bond donors (Lipinski definition) is 1. The van der Waals surface area contributed by atoms with Crippen LogP contribution in [-0.2, 0) is 4.79 Å². The van der Waals surface area contributed by atoms with Crippen molar-refractivity contribution in [3.05, 3.63) is 63.6 Å². The first-order valence-corrected chi connectivity index (χ1v) is 8.63. The maximum absolute atomic E-state index is 12.3. The number of aryl methyl sites for hydroxylation is 1. The molecule has 2 aromatic carbocycles. The van der Waals surface area contributed by atoms with Crippen LogP contribution in [0.3, 0.4) is 0 Å². The van der Waals surface area contributed by atoms with E-state index < -0.39 is 0 Å². The second kappa shape index (κ2) is 8.15. The van der Waals surface area contributed by atoms with E-state index in [0.717, 1.165) is 32.6 Å². The van der Waals surface area contributed by atoms with E-state index in [-0.39, 0.29) is 5.91 Å². The molecule has 0 bridgehead atoms. The number of halogens is 1. The minimum Gasteiger partial charge on any atom is -0.496 e. The number of carbonyl (C=O) groups excluding carboxylic acids is 1. The van der Waals surface area contributed by atoms with E-state index in [2.05, 4.69) is 41.2 Å². The van der Waals surface area contributed by atoms with Crippen LogP contribution in [-0.4, -0.2) is 13.0 Å². The fraction of sp³-hybridized carbons (Fsp3) is 0.250. The summed E-state index contributed by atoms with van der Waals surface area (Å²) >= 11 is 3.44. The molecule has 0 atom stereocenters. The molecular formula is C20H22BrNO2. The number of methoxy groups -OCH3 is 1. The summed E-state index contributed by atoms with van der Waals surface area (Å²) in [6.45, 7) is 6.25. The average molecular weight is 388 g/mol. The van der Waals surface area contributed by atoms with Crippen molar-refractivity contribution in [2.24, 2.45) is 0 Å². The Labute approximate surface area is 151 Å². The second-order valence-electron chi connectivity index (χ2n) is 5.91. The first-order valence-electron chi connectivity index (χ1n) is 7.84. The third kappa shape index (κ3) is 4.48. The lowest BCUT2D eigenvalue weighted by Gasteiger charge is -2.15. The van der Waals surface area contributed by atoms with Crippen molar-refractivity contribution in [2.75, 3.05) is 12.4 Å². The molecule has 24 heavy (non-hydrogen) atoms. The van der Waals surface area contributed by atoms with Gasteiger partial charge in [-0.15, -0.1) is 0 Å². The van der Waals surface area contributed by atoms with E-state index in [9.17, 15) is 4.79 Å². The molecule has 0 saturated carbocycles. The Morgan fingerprint density at radius 2 is 2.00 bits per heavy atom. The predicted octanol–water partition coefficient (Wildman–Crippen LogP) is 5.54. The molecular weight excluding hydrogens is 366 g/mol. The van der Waals surface area contributed by atoms with Gasteiger partial charge in [-0.25, -0.2) is 0 Å². The summed E-state index contributed by atoms with van der Waals surface area (Å²) in [4.78, 5) is 12.3. The normalized spacial score (nSPS) is 11.1. The van der Waals surface area contributed by atoms with E-state index in [1.165, 1.54) is 0 Å². The maximum atomic E-state index is 12.3. The Hall–Kier alpha value is -2.07. The minimum absolute atomic E-state index is 0.141. The zero-order valence-corrected chi connectivity index (χ0v) is 16.0. The number of ether oxygens (including phenoxy) is 1. The summed E-state index contributed by atoms with van der Waals surface area (Å²) in [6, 6.07) is 11.8. The van der Waals surface area contributed by atoms with Crippen LogP contribution >= 0.6 is 15.9 Å². The van der Waals surface area contributed by atoms with Gasteiger partial charge in [-0.3, -0.25) is 4.79 Å². The molecule has 0 saturated heterocycles. The molecule has 126 valence electrons. The Kier molecular flexibility index (Phi) is 6.21. The molecule has 0 spiro atoms. The number of hydrogen-bond acceptors (Lipinski definition) is 2. The van der Waals surface area contributed by atoms with Gasteiger partial charge in [0, 0.05) is 11.8 Å². The molecule has 2 aromatic rings. The Balaban J connectivity index is 2.15. The van der Waals surface area contributed by atoms with Gasteiger partial charge in [-0.1, -0.05) is 38.1 Å². The molecule has 0 unspecified atom stereocenters. The smallest absolute Gasteiger partial charge is 0.248 e. The van der Waals surface area contributed by atoms with Crippen LogP contribution in [0.2, 0.25) is 0 Å². The lowest BCUT2D eigenvalue weighted by Crippen LogP contribution is -2.11. The Morgan fingerprint density at radius 3 is 2.62 bits per heavy atom. The van der Waals surface area contributed by atoms with E-state index in [1.807, 2.05) is 37.3 Å². The molecule has 0 aliphatic carbocycles. The second-order valence-corrected chi connectivity index (χ2v) is 6.76. The fourth-order valence-electron chi connectivity index (χ4n) is 2.47. The fourth-order valence-corrected chi connectivity index (χ4v) is 3.02.